The van der Waals surface area contributed by atoms with Crippen LogP contribution in [0, 0.1) is 0 Å². The molecule has 23 heavy (non-hydrogen) atoms. The Morgan fingerprint density at radius 2 is 1.96 bits per heavy atom. The van der Waals surface area contributed by atoms with Gasteiger partial charge in [-0.1, -0.05) is 17.7 Å². The molecule has 3 N–H and O–H groups in total. The molecule has 0 aliphatic heterocycles. The molecular weight excluding hydrogens is 318 g/mol. The van der Waals surface area contributed by atoms with E-state index in [1.165, 1.54) is 7.11 Å². The largest absolute Gasteiger partial charge is 0.496 e. The van der Waals surface area contributed by atoms with Gasteiger partial charge >= 0.3 is 5.69 Å². The van der Waals surface area contributed by atoms with Gasteiger partial charge in [0.15, 0.2) is 0 Å². The topological polar surface area (TPSA) is 87.0 Å². The first-order chi connectivity index (χ1) is 11.1. The lowest BCUT2D eigenvalue weighted by Crippen LogP contribution is -2.23. The van der Waals surface area contributed by atoms with Crippen LogP contribution in [-0.4, -0.2) is 23.0 Å². The molecule has 6 nitrogen and oxygen atoms in total. The zero-order chi connectivity index (χ0) is 16.4. The second-order valence-electron chi connectivity index (χ2n) is 4.99. The maximum Gasteiger partial charge on any atom is 0.323 e. The van der Waals surface area contributed by atoms with Crippen LogP contribution in [-0.2, 0) is 6.54 Å². The molecule has 2 aromatic carbocycles. The van der Waals surface area contributed by atoms with Gasteiger partial charge in [-0.2, -0.15) is 0 Å². The Morgan fingerprint density at radius 1 is 1.17 bits per heavy atom. The van der Waals surface area contributed by atoms with E-state index in [0.717, 1.165) is 11.1 Å². The monoisotopic (exact) mass is 331 g/mol. The van der Waals surface area contributed by atoms with Crippen molar-refractivity contribution in [1.82, 2.24) is 15.3 Å². The minimum atomic E-state index is -0.285. The summed E-state index contributed by atoms with van der Waals surface area (Å²) in [5.74, 6) is 0.171. The number of halogens is 1. The summed E-state index contributed by atoms with van der Waals surface area (Å²) in [5.41, 5.74) is 2.40. The van der Waals surface area contributed by atoms with Crippen LogP contribution in [0.5, 0.6) is 5.75 Å². The third-order valence-corrected chi connectivity index (χ3v) is 3.67. The lowest BCUT2D eigenvalue weighted by atomic mass is 10.1. The highest BCUT2D eigenvalue weighted by Gasteiger charge is 2.12. The predicted octanol–water partition coefficient (Wildman–Crippen LogP) is 2.45. The zero-order valence-electron chi connectivity index (χ0n) is 12.3. The number of imidazole rings is 1. The number of fused-ring (bicyclic) bond motifs is 1. The molecule has 0 saturated heterocycles. The minimum absolute atomic E-state index is 0.259. The molecule has 0 fully saturated rings. The summed E-state index contributed by atoms with van der Waals surface area (Å²) in [5, 5.41) is 3.27. The summed E-state index contributed by atoms with van der Waals surface area (Å²) in [6, 6.07) is 10.3. The fourth-order valence-corrected chi connectivity index (χ4v) is 2.50. The number of hydrogen-bond donors (Lipinski definition) is 3. The summed E-state index contributed by atoms with van der Waals surface area (Å²) in [6.45, 7) is 0.317. The van der Waals surface area contributed by atoms with Gasteiger partial charge in [0.2, 0.25) is 0 Å². The molecule has 0 bridgehead atoms. The molecule has 0 saturated carbocycles. The summed E-state index contributed by atoms with van der Waals surface area (Å²) in [7, 11) is 1.50. The highest BCUT2D eigenvalue weighted by atomic mass is 35.5. The van der Waals surface area contributed by atoms with Gasteiger partial charge in [0.25, 0.3) is 5.91 Å². The lowest BCUT2D eigenvalue weighted by Gasteiger charge is -2.10. The van der Waals surface area contributed by atoms with Crippen molar-refractivity contribution in [2.75, 3.05) is 7.11 Å². The van der Waals surface area contributed by atoms with Crippen molar-refractivity contribution in [3.8, 4) is 5.75 Å². The SMILES string of the molecule is COc1ccc(Cl)cc1C(=O)NCc1ccc2[nH]c(=O)[nH]c2c1. The van der Waals surface area contributed by atoms with Crippen LogP contribution in [0.25, 0.3) is 11.0 Å². The minimum Gasteiger partial charge on any atom is -0.496 e. The van der Waals surface area contributed by atoms with E-state index in [1.807, 2.05) is 12.1 Å². The van der Waals surface area contributed by atoms with Crippen molar-refractivity contribution in [2.24, 2.45) is 0 Å². The predicted molar refractivity (Wildman–Crippen MR) is 88.1 cm³/mol. The van der Waals surface area contributed by atoms with Crippen LogP contribution in [0.1, 0.15) is 15.9 Å². The highest BCUT2D eigenvalue weighted by Crippen LogP contribution is 2.22. The molecular formula is C16H14ClN3O3. The third-order valence-electron chi connectivity index (χ3n) is 3.44. The Hall–Kier alpha value is -2.73. The van der Waals surface area contributed by atoms with Crippen LogP contribution in [0.15, 0.2) is 41.2 Å². The van der Waals surface area contributed by atoms with Crippen molar-refractivity contribution < 1.29 is 9.53 Å². The molecule has 0 aliphatic rings. The van der Waals surface area contributed by atoms with Crippen molar-refractivity contribution in [3.05, 3.63) is 63.0 Å². The van der Waals surface area contributed by atoms with E-state index in [0.29, 0.717) is 28.4 Å². The molecule has 0 atom stereocenters. The zero-order valence-corrected chi connectivity index (χ0v) is 13.0. The van der Waals surface area contributed by atoms with E-state index in [9.17, 15) is 9.59 Å². The Morgan fingerprint density at radius 3 is 2.74 bits per heavy atom. The molecule has 0 radical (unpaired) electrons. The van der Waals surface area contributed by atoms with E-state index in [4.69, 9.17) is 16.3 Å². The number of nitrogens with one attached hydrogen (secondary N) is 3. The Labute approximate surface area is 136 Å². The van der Waals surface area contributed by atoms with Gasteiger partial charge in [0, 0.05) is 11.6 Å². The first-order valence-electron chi connectivity index (χ1n) is 6.89. The first-order valence-corrected chi connectivity index (χ1v) is 7.27. The molecule has 1 aromatic heterocycles. The Balaban J connectivity index is 1.77. The maximum absolute atomic E-state index is 12.3. The van der Waals surface area contributed by atoms with Crippen LogP contribution in [0.4, 0.5) is 0 Å². The van der Waals surface area contributed by atoms with Crippen LogP contribution >= 0.6 is 11.6 Å². The molecule has 3 aromatic rings. The number of benzene rings is 2. The number of aromatic nitrogens is 2. The van der Waals surface area contributed by atoms with E-state index >= 15 is 0 Å². The van der Waals surface area contributed by atoms with Gasteiger partial charge in [0.05, 0.1) is 23.7 Å². The highest BCUT2D eigenvalue weighted by molar-refractivity contribution is 6.31. The average Bonchev–Trinajstić information content (AvgIpc) is 2.91. The van der Waals surface area contributed by atoms with E-state index in [1.54, 1.807) is 24.3 Å². The van der Waals surface area contributed by atoms with E-state index in [2.05, 4.69) is 15.3 Å². The molecule has 1 amide bonds. The fraction of sp³-hybridized carbons (Fsp3) is 0.125. The van der Waals surface area contributed by atoms with Crippen LogP contribution in [0.3, 0.4) is 0 Å². The number of carbonyl (C=O) groups is 1. The maximum atomic E-state index is 12.3. The van der Waals surface area contributed by atoms with Crippen LogP contribution in [0.2, 0.25) is 5.02 Å². The van der Waals surface area contributed by atoms with Gasteiger partial charge in [0.1, 0.15) is 5.75 Å². The number of methoxy groups -OCH3 is 1. The molecule has 118 valence electrons. The quantitative estimate of drug-likeness (QED) is 0.686. The molecule has 3 rings (SSSR count). The van der Waals surface area contributed by atoms with Crippen LogP contribution < -0.4 is 15.7 Å². The molecule has 0 aliphatic carbocycles. The number of aromatic amines is 2. The number of hydrogen-bond acceptors (Lipinski definition) is 3. The average molecular weight is 332 g/mol. The van der Waals surface area contributed by atoms with Crippen molar-refractivity contribution in [1.29, 1.82) is 0 Å². The summed E-state index contributed by atoms with van der Waals surface area (Å²) < 4.78 is 5.17. The lowest BCUT2D eigenvalue weighted by molar-refractivity contribution is 0.0948. The van der Waals surface area contributed by atoms with Gasteiger partial charge in [-0.15, -0.1) is 0 Å². The smallest absolute Gasteiger partial charge is 0.323 e. The third kappa shape index (κ3) is 3.22. The normalized spacial score (nSPS) is 10.7. The summed E-state index contributed by atoms with van der Waals surface area (Å²) in [4.78, 5) is 28.9. The molecule has 1 heterocycles. The van der Waals surface area contributed by atoms with Gasteiger partial charge in [-0.25, -0.2) is 4.79 Å². The number of rotatable bonds is 4. The summed E-state index contributed by atoms with van der Waals surface area (Å²) >= 11 is 5.93. The number of H-pyrrole nitrogens is 2. The van der Waals surface area contributed by atoms with Gasteiger partial charge in [-0.05, 0) is 35.9 Å². The fourth-order valence-electron chi connectivity index (χ4n) is 2.32. The van der Waals surface area contributed by atoms with Gasteiger partial charge in [-0.3, -0.25) is 4.79 Å². The Bertz CT molecular complexity index is 930. The summed E-state index contributed by atoms with van der Waals surface area (Å²) in [6.07, 6.45) is 0. The van der Waals surface area contributed by atoms with Gasteiger partial charge < -0.3 is 20.0 Å². The van der Waals surface area contributed by atoms with E-state index < -0.39 is 0 Å². The molecule has 7 heteroatoms. The van der Waals surface area contributed by atoms with Crippen molar-refractivity contribution in [3.63, 3.8) is 0 Å². The van der Waals surface area contributed by atoms with Crippen molar-refractivity contribution in [2.45, 2.75) is 6.54 Å². The number of ether oxygens (including phenoxy) is 1. The number of carbonyl (C=O) groups excluding carboxylic acids is 1. The van der Waals surface area contributed by atoms with E-state index in [-0.39, 0.29) is 11.6 Å². The number of amides is 1. The van der Waals surface area contributed by atoms with Crippen molar-refractivity contribution >= 4 is 28.5 Å². The first kappa shape index (κ1) is 15.2. The Kier molecular flexibility index (Phi) is 4.08. The second kappa shape index (κ2) is 6.18. The second-order valence-corrected chi connectivity index (χ2v) is 5.42. The standard InChI is InChI=1S/C16H14ClN3O3/c1-23-14-5-3-10(17)7-11(14)15(21)18-8-9-2-4-12-13(6-9)20-16(22)19-12/h2-7H,8H2,1H3,(H,18,21)(H2,19,20,22). The molecule has 0 spiro atoms. The molecule has 0 unspecified atom stereocenters.